The van der Waals surface area contributed by atoms with Gasteiger partial charge in [0.05, 0.1) is 14.2 Å². The Labute approximate surface area is 221 Å². The molecule has 3 aromatic carbocycles. The van der Waals surface area contributed by atoms with Crippen LogP contribution in [0, 0.1) is 0 Å². The number of hydrogen-bond donors (Lipinski definition) is 3. The molecule has 196 valence electrons. The second kappa shape index (κ2) is 11.3. The molecule has 8 nitrogen and oxygen atoms in total. The number of aromatic nitrogens is 1. The SMILES string of the molecule is COc1cc2c(cc1OC)CN(C(=O)C(Cc1c[nH]c3ccccc13)NC(=O)NCc1ccccc1)CC2. The van der Waals surface area contributed by atoms with Gasteiger partial charge >= 0.3 is 6.03 Å². The van der Waals surface area contributed by atoms with Crippen LogP contribution in [0.25, 0.3) is 10.9 Å². The molecule has 4 aromatic rings. The number of carbonyl (C=O) groups is 2. The lowest BCUT2D eigenvalue weighted by molar-refractivity contribution is -0.134. The minimum atomic E-state index is -0.730. The van der Waals surface area contributed by atoms with Crippen LogP contribution in [-0.4, -0.2) is 48.6 Å². The van der Waals surface area contributed by atoms with Crippen molar-refractivity contribution < 1.29 is 19.1 Å². The summed E-state index contributed by atoms with van der Waals surface area (Å²) in [4.78, 5) is 31.9. The quantitative estimate of drug-likeness (QED) is 0.330. The Balaban J connectivity index is 1.36. The summed E-state index contributed by atoms with van der Waals surface area (Å²) in [5.41, 5.74) is 5.11. The highest BCUT2D eigenvalue weighted by Gasteiger charge is 2.30. The minimum Gasteiger partial charge on any atom is -0.493 e. The van der Waals surface area contributed by atoms with E-state index in [4.69, 9.17) is 9.47 Å². The van der Waals surface area contributed by atoms with Crippen LogP contribution in [0.3, 0.4) is 0 Å². The maximum absolute atomic E-state index is 13.9. The van der Waals surface area contributed by atoms with Crippen molar-refractivity contribution in [3.05, 3.63) is 95.2 Å². The summed E-state index contributed by atoms with van der Waals surface area (Å²) < 4.78 is 10.9. The molecule has 38 heavy (non-hydrogen) atoms. The average Bonchev–Trinajstić information content (AvgIpc) is 3.37. The number of amides is 3. The topological polar surface area (TPSA) is 95.7 Å². The van der Waals surface area contributed by atoms with Crippen LogP contribution >= 0.6 is 0 Å². The predicted molar refractivity (Wildman–Crippen MR) is 146 cm³/mol. The number of carbonyl (C=O) groups excluding carboxylic acids is 2. The number of hydrogen-bond acceptors (Lipinski definition) is 4. The van der Waals surface area contributed by atoms with Crippen molar-refractivity contribution in [2.75, 3.05) is 20.8 Å². The van der Waals surface area contributed by atoms with Gasteiger partial charge in [-0.2, -0.15) is 0 Å². The summed E-state index contributed by atoms with van der Waals surface area (Å²) in [5, 5.41) is 6.88. The maximum atomic E-state index is 13.9. The van der Waals surface area contributed by atoms with E-state index < -0.39 is 6.04 Å². The van der Waals surface area contributed by atoms with Gasteiger partial charge in [-0.1, -0.05) is 48.5 Å². The molecular weight excluding hydrogens is 480 g/mol. The molecule has 0 radical (unpaired) electrons. The fourth-order valence-corrected chi connectivity index (χ4v) is 5.00. The number of nitrogens with zero attached hydrogens (tertiary/aromatic N) is 1. The average molecular weight is 513 g/mol. The summed E-state index contributed by atoms with van der Waals surface area (Å²) in [6.45, 7) is 1.37. The molecule has 1 unspecified atom stereocenters. The lowest BCUT2D eigenvalue weighted by atomic mass is 9.97. The fraction of sp³-hybridized carbons (Fsp3) is 0.267. The van der Waals surface area contributed by atoms with Crippen LogP contribution in [0.5, 0.6) is 11.5 Å². The number of aromatic amines is 1. The van der Waals surface area contributed by atoms with E-state index in [1.165, 1.54) is 0 Å². The third kappa shape index (κ3) is 5.44. The monoisotopic (exact) mass is 512 g/mol. The van der Waals surface area contributed by atoms with Gasteiger partial charge < -0.3 is 30.0 Å². The number of nitrogens with one attached hydrogen (secondary N) is 3. The van der Waals surface area contributed by atoms with Gasteiger partial charge in [-0.3, -0.25) is 4.79 Å². The van der Waals surface area contributed by atoms with E-state index in [9.17, 15) is 9.59 Å². The highest BCUT2D eigenvalue weighted by Crippen LogP contribution is 2.33. The highest BCUT2D eigenvalue weighted by molar-refractivity contribution is 5.89. The van der Waals surface area contributed by atoms with Crippen LogP contribution in [0.15, 0.2) is 72.9 Å². The van der Waals surface area contributed by atoms with Crippen molar-refractivity contribution >= 4 is 22.8 Å². The van der Waals surface area contributed by atoms with E-state index >= 15 is 0 Å². The number of fused-ring (bicyclic) bond motifs is 2. The van der Waals surface area contributed by atoms with Gasteiger partial charge in [0.15, 0.2) is 11.5 Å². The third-order valence-electron chi connectivity index (χ3n) is 7.03. The van der Waals surface area contributed by atoms with Crippen LogP contribution in [0.1, 0.15) is 22.3 Å². The first-order chi connectivity index (χ1) is 18.6. The Bertz CT molecular complexity index is 1430. The zero-order valence-electron chi connectivity index (χ0n) is 21.6. The van der Waals surface area contributed by atoms with E-state index in [-0.39, 0.29) is 11.9 Å². The Morgan fingerprint density at radius 1 is 0.974 bits per heavy atom. The fourth-order valence-electron chi connectivity index (χ4n) is 5.00. The van der Waals surface area contributed by atoms with Crippen molar-refractivity contribution in [2.24, 2.45) is 0 Å². The van der Waals surface area contributed by atoms with Gasteiger partial charge in [0, 0.05) is 43.2 Å². The smallest absolute Gasteiger partial charge is 0.315 e. The lowest BCUT2D eigenvalue weighted by Gasteiger charge is -2.32. The lowest BCUT2D eigenvalue weighted by Crippen LogP contribution is -2.53. The number of rotatable bonds is 8. The Morgan fingerprint density at radius 2 is 1.68 bits per heavy atom. The second-order valence-electron chi connectivity index (χ2n) is 9.41. The zero-order valence-corrected chi connectivity index (χ0v) is 21.6. The molecule has 0 saturated carbocycles. The van der Waals surface area contributed by atoms with Gasteiger partial charge in [0.1, 0.15) is 6.04 Å². The molecule has 0 fully saturated rings. The number of H-pyrrole nitrogens is 1. The molecule has 1 aliphatic rings. The van der Waals surface area contributed by atoms with Crippen molar-refractivity contribution in [1.29, 1.82) is 0 Å². The van der Waals surface area contributed by atoms with E-state index in [1.807, 2.05) is 77.8 Å². The number of para-hydroxylation sites is 1. The second-order valence-corrected chi connectivity index (χ2v) is 9.41. The molecule has 1 atom stereocenters. The Morgan fingerprint density at radius 3 is 2.45 bits per heavy atom. The molecular formula is C30H32N4O4. The summed E-state index contributed by atoms with van der Waals surface area (Å²) in [6, 6.07) is 20.4. The first-order valence-electron chi connectivity index (χ1n) is 12.7. The molecule has 8 heteroatoms. The molecule has 0 bridgehead atoms. The standard InChI is InChI=1S/C30H32N4O4/c1-37-27-15-21-12-13-34(19-23(21)16-28(27)38-2)29(35)26(14-22-18-31-25-11-7-6-10-24(22)25)33-30(36)32-17-20-8-4-3-5-9-20/h3-11,15-16,18,26,31H,12-14,17,19H2,1-2H3,(H2,32,33,36). The maximum Gasteiger partial charge on any atom is 0.315 e. The Hall–Kier alpha value is -4.46. The highest BCUT2D eigenvalue weighted by atomic mass is 16.5. The van der Waals surface area contributed by atoms with Crippen molar-refractivity contribution in [3.8, 4) is 11.5 Å². The van der Waals surface area contributed by atoms with Crippen LogP contribution in [-0.2, 0) is 30.7 Å². The largest absolute Gasteiger partial charge is 0.493 e. The third-order valence-corrected chi connectivity index (χ3v) is 7.03. The van der Waals surface area contributed by atoms with Crippen LogP contribution < -0.4 is 20.1 Å². The first-order valence-corrected chi connectivity index (χ1v) is 12.7. The van der Waals surface area contributed by atoms with Gasteiger partial charge in [0.25, 0.3) is 0 Å². The molecule has 1 aliphatic heterocycles. The van der Waals surface area contributed by atoms with E-state index in [2.05, 4.69) is 15.6 Å². The van der Waals surface area contributed by atoms with Crippen molar-refractivity contribution in [2.45, 2.75) is 32.0 Å². The summed E-state index contributed by atoms with van der Waals surface area (Å²) >= 11 is 0. The number of methoxy groups -OCH3 is 2. The number of urea groups is 1. The van der Waals surface area contributed by atoms with E-state index in [0.717, 1.165) is 33.2 Å². The van der Waals surface area contributed by atoms with E-state index in [0.29, 0.717) is 44.0 Å². The molecule has 0 saturated heterocycles. The molecule has 3 amide bonds. The summed E-state index contributed by atoms with van der Waals surface area (Å²) in [7, 11) is 3.22. The first kappa shape index (κ1) is 25.2. The molecule has 1 aromatic heterocycles. The predicted octanol–water partition coefficient (Wildman–Crippen LogP) is 4.18. The molecule has 2 heterocycles. The van der Waals surface area contributed by atoms with Gasteiger partial charge in [0.2, 0.25) is 5.91 Å². The minimum absolute atomic E-state index is 0.120. The van der Waals surface area contributed by atoms with Crippen molar-refractivity contribution in [3.63, 3.8) is 0 Å². The summed E-state index contributed by atoms with van der Waals surface area (Å²) in [6.07, 6.45) is 2.98. The van der Waals surface area contributed by atoms with Gasteiger partial charge in [-0.15, -0.1) is 0 Å². The zero-order chi connectivity index (χ0) is 26.5. The molecule has 3 N–H and O–H groups in total. The van der Waals surface area contributed by atoms with Crippen LogP contribution in [0.4, 0.5) is 4.79 Å². The number of ether oxygens (including phenoxy) is 2. The van der Waals surface area contributed by atoms with Crippen molar-refractivity contribution in [1.82, 2.24) is 20.5 Å². The Kier molecular flexibility index (Phi) is 7.49. The van der Waals surface area contributed by atoms with Gasteiger partial charge in [-0.05, 0) is 46.9 Å². The summed E-state index contributed by atoms with van der Waals surface area (Å²) in [5.74, 6) is 1.19. The van der Waals surface area contributed by atoms with Crippen LogP contribution in [0.2, 0.25) is 0 Å². The normalized spacial score (nSPS) is 13.5. The van der Waals surface area contributed by atoms with E-state index in [1.54, 1.807) is 14.2 Å². The molecule has 5 rings (SSSR count). The number of benzene rings is 3. The van der Waals surface area contributed by atoms with Gasteiger partial charge in [-0.25, -0.2) is 4.79 Å². The molecule has 0 aliphatic carbocycles. The molecule has 0 spiro atoms.